The molecule has 0 unspecified atom stereocenters. The van der Waals surface area contributed by atoms with Crippen molar-refractivity contribution in [2.24, 2.45) is 5.92 Å². The van der Waals surface area contributed by atoms with Crippen molar-refractivity contribution in [3.05, 3.63) is 18.2 Å². The number of rotatable bonds is 4. The Morgan fingerprint density at radius 1 is 1.35 bits per heavy atom. The predicted octanol–water partition coefficient (Wildman–Crippen LogP) is 2.70. The summed E-state index contributed by atoms with van der Waals surface area (Å²) in [5, 5.41) is 0. The highest BCUT2D eigenvalue weighted by Crippen LogP contribution is 2.42. The van der Waals surface area contributed by atoms with Gasteiger partial charge in [-0.2, -0.15) is 0 Å². The van der Waals surface area contributed by atoms with E-state index in [9.17, 15) is 8.78 Å². The number of benzene rings is 1. The molecule has 2 N–H and O–H groups in total. The van der Waals surface area contributed by atoms with Gasteiger partial charge in [-0.1, -0.05) is 0 Å². The van der Waals surface area contributed by atoms with Gasteiger partial charge in [0.15, 0.2) is 11.5 Å². The second-order valence-electron chi connectivity index (χ2n) is 4.35. The van der Waals surface area contributed by atoms with Gasteiger partial charge >= 0.3 is 0 Å². The molecule has 0 atom stereocenters. The fourth-order valence-electron chi connectivity index (χ4n) is 1.92. The number of hydrogen-bond acceptors (Lipinski definition) is 3. The monoisotopic (exact) mass is 243 g/mol. The minimum Gasteiger partial charge on any atom is -0.493 e. The van der Waals surface area contributed by atoms with E-state index >= 15 is 0 Å². The Kier molecular flexibility index (Phi) is 3.09. The summed E-state index contributed by atoms with van der Waals surface area (Å²) in [5.41, 5.74) is 6.18. The van der Waals surface area contributed by atoms with Crippen LogP contribution in [0.1, 0.15) is 12.8 Å². The van der Waals surface area contributed by atoms with Crippen molar-refractivity contribution in [2.45, 2.75) is 18.8 Å². The zero-order chi connectivity index (χ0) is 12.5. The molecule has 1 aliphatic rings. The highest BCUT2D eigenvalue weighted by atomic mass is 19.3. The van der Waals surface area contributed by atoms with Crippen LogP contribution >= 0.6 is 0 Å². The van der Waals surface area contributed by atoms with E-state index in [1.54, 1.807) is 18.2 Å². The van der Waals surface area contributed by atoms with Gasteiger partial charge < -0.3 is 15.2 Å². The highest BCUT2D eigenvalue weighted by molar-refractivity contribution is 5.51. The van der Waals surface area contributed by atoms with Crippen LogP contribution in [0.3, 0.4) is 0 Å². The van der Waals surface area contributed by atoms with Crippen LogP contribution in [0.2, 0.25) is 0 Å². The van der Waals surface area contributed by atoms with Crippen LogP contribution in [0, 0.1) is 5.92 Å². The van der Waals surface area contributed by atoms with Crippen LogP contribution < -0.4 is 15.2 Å². The van der Waals surface area contributed by atoms with Crippen LogP contribution in [-0.2, 0) is 0 Å². The van der Waals surface area contributed by atoms with Gasteiger partial charge in [0.05, 0.1) is 13.7 Å². The molecular weight excluding hydrogens is 228 g/mol. The van der Waals surface area contributed by atoms with Crippen molar-refractivity contribution >= 4 is 5.69 Å². The molecule has 1 fully saturated rings. The fraction of sp³-hybridized carbons (Fsp3) is 0.500. The number of methoxy groups -OCH3 is 1. The predicted molar refractivity (Wildman–Crippen MR) is 60.6 cm³/mol. The maximum atomic E-state index is 12.6. The summed E-state index contributed by atoms with van der Waals surface area (Å²) in [7, 11) is 1.52. The molecule has 0 amide bonds. The molecule has 5 heteroatoms. The summed E-state index contributed by atoms with van der Waals surface area (Å²) < 4.78 is 35.8. The summed E-state index contributed by atoms with van der Waals surface area (Å²) in [6.07, 6.45) is -0.199. The summed E-state index contributed by atoms with van der Waals surface area (Å²) in [6, 6.07) is 5.03. The van der Waals surface area contributed by atoms with Gasteiger partial charge in [0.25, 0.3) is 0 Å². The van der Waals surface area contributed by atoms with E-state index in [2.05, 4.69) is 0 Å². The first kappa shape index (κ1) is 12.0. The van der Waals surface area contributed by atoms with E-state index in [0.717, 1.165) is 0 Å². The number of nitrogens with two attached hydrogens (primary N) is 1. The van der Waals surface area contributed by atoms with Crippen molar-refractivity contribution < 1.29 is 18.3 Å². The lowest BCUT2D eigenvalue weighted by molar-refractivity contribution is -0.119. The van der Waals surface area contributed by atoms with Gasteiger partial charge in [-0.05, 0) is 12.1 Å². The Morgan fingerprint density at radius 3 is 2.65 bits per heavy atom. The Bertz CT molecular complexity index is 401. The molecule has 0 heterocycles. The zero-order valence-electron chi connectivity index (χ0n) is 9.58. The van der Waals surface area contributed by atoms with E-state index in [1.165, 1.54) is 7.11 Å². The molecule has 0 bridgehead atoms. The summed E-state index contributed by atoms with van der Waals surface area (Å²) in [4.78, 5) is 0. The van der Waals surface area contributed by atoms with Crippen molar-refractivity contribution in [1.82, 2.24) is 0 Å². The molecule has 0 spiro atoms. The number of halogens is 2. The number of anilines is 1. The van der Waals surface area contributed by atoms with Gasteiger partial charge in [0.1, 0.15) is 0 Å². The van der Waals surface area contributed by atoms with Crippen molar-refractivity contribution in [3.63, 3.8) is 0 Å². The maximum absolute atomic E-state index is 12.6. The smallest absolute Gasteiger partial charge is 0.248 e. The molecule has 1 aliphatic carbocycles. The molecular formula is C12H15F2NO2. The van der Waals surface area contributed by atoms with E-state index < -0.39 is 5.92 Å². The summed E-state index contributed by atoms with van der Waals surface area (Å²) in [5.74, 6) is -1.53. The molecule has 0 saturated heterocycles. The maximum Gasteiger partial charge on any atom is 0.248 e. The first-order valence-corrected chi connectivity index (χ1v) is 5.44. The lowest BCUT2D eigenvalue weighted by Crippen LogP contribution is -2.38. The lowest BCUT2D eigenvalue weighted by atomic mass is 9.82. The van der Waals surface area contributed by atoms with E-state index in [4.69, 9.17) is 15.2 Å². The van der Waals surface area contributed by atoms with Crippen LogP contribution in [0.25, 0.3) is 0 Å². The van der Waals surface area contributed by atoms with Crippen molar-refractivity contribution in [1.29, 1.82) is 0 Å². The largest absolute Gasteiger partial charge is 0.493 e. The lowest BCUT2D eigenvalue weighted by Gasteiger charge is -2.34. The normalized spacial score (nSPS) is 18.5. The SMILES string of the molecule is COc1ccc(N)cc1OCC1CC(F)(F)C1. The summed E-state index contributed by atoms with van der Waals surface area (Å²) in [6.45, 7) is 0.273. The minimum absolute atomic E-state index is 0.0869. The number of alkyl halides is 2. The molecule has 0 radical (unpaired) electrons. The van der Waals surface area contributed by atoms with E-state index in [0.29, 0.717) is 17.2 Å². The van der Waals surface area contributed by atoms with Crippen LogP contribution in [0.15, 0.2) is 18.2 Å². The topological polar surface area (TPSA) is 44.5 Å². The Morgan fingerprint density at radius 2 is 2.06 bits per heavy atom. The van der Waals surface area contributed by atoms with Gasteiger partial charge in [0, 0.05) is 30.5 Å². The third-order valence-corrected chi connectivity index (χ3v) is 2.84. The first-order chi connectivity index (χ1) is 8.00. The average molecular weight is 243 g/mol. The van der Waals surface area contributed by atoms with Gasteiger partial charge in [-0.15, -0.1) is 0 Å². The minimum atomic E-state index is -2.51. The molecule has 94 valence electrons. The number of hydrogen-bond donors (Lipinski definition) is 1. The number of ether oxygens (including phenoxy) is 2. The molecule has 3 nitrogen and oxygen atoms in total. The van der Waals surface area contributed by atoms with Gasteiger partial charge in [0.2, 0.25) is 5.92 Å². The second-order valence-corrected chi connectivity index (χ2v) is 4.35. The van der Waals surface area contributed by atoms with Crippen LogP contribution in [0.5, 0.6) is 11.5 Å². The quantitative estimate of drug-likeness (QED) is 0.827. The molecule has 17 heavy (non-hydrogen) atoms. The molecule has 2 rings (SSSR count). The molecule has 0 aromatic heterocycles. The third-order valence-electron chi connectivity index (χ3n) is 2.84. The first-order valence-electron chi connectivity index (χ1n) is 5.44. The molecule has 0 aliphatic heterocycles. The van der Waals surface area contributed by atoms with Crippen LogP contribution in [-0.4, -0.2) is 19.6 Å². The van der Waals surface area contributed by atoms with Crippen LogP contribution in [0.4, 0.5) is 14.5 Å². The average Bonchev–Trinajstić information content (AvgIpc) is 2.23. The molecule has 1 aromatic rings. The Hall–Kier alpha value is -1.52. The highest BCUT2D eigenvalue weighted by Gasteiger charge is 2.45. The number of nitrogen functional groups attached to an aromatic ring is 1. The van der Waals surface area contributed by atoms with Crippen molar-refractivity contribution in [3.8, 4) is 11.5 Å². The van der Waals surface area contributed by atoms with Gasteiger partial charge in [-0.3, -0.25) is 0 Å². The van der Waals surface area contributed by atoms with E-state index in [-0.39, 0.29) is 25.4 Å². The van der Waals surface area contributed by atoms with E-state index in [1.807, 2.05) is 0 Å². The molecule has 1 saturated carbocycles. The fourth-order valence-corrected chi connectivity index (χ4v) is 1.92. The zero-order valence-corrected chi connectivity index (χ0v) is 9.58. The Labute approximate surface area is 98.5 Å². The van der Waals surface area contributed by atoms with Gasteiger partial charge in [-0.25, -0.2) is 8.78 Å². The summed E-state index contributed by atoms with van der Waals surface area (Å²) >= 11 is 0. The standard InChI is InChI=1S/C12H15F2NO2/c1-16-10-3-2-9(15)4-11(10)17-7-8-5-12(13,14)6-8/h2-4,8H,5-7,15H2,1H3. The molecule has 1 aromatic carbocycles. The second kappa shape index (κ2) is 4.39. The Balaban J connectivity index is 1.92. The third kappa shape index (κ3) is 2.78. The van der Waals surface area contributed by atoms with Crippen molar-refractivity contribution in [2.75, 3.05) is 19.5 Å².